The number of hydrogen-bond acceptors (Lipinski definition) is 3. The van der Waals surface area contributed by atoms with Crippen LogP contribution >= 0.6 is 0 Å². The van der Waals surface area contributed by atoms with Crippen molar-refractivity contribution in [2.75, 3.05) is 0 Å². The number of aromatic nitrogens is 1. The molecule has 1 aromatic carbocycles. The molecule has 0 aliphatic heterocycles. The second-order valence-electron chi connectivity index (χ2n) is 8.23. The van der Waals surface area contributed by atoms with Gasteiger partial charge in [-0.05, 0) is 79.8 Å². The van der Waals surface area contributed by atoms with Gasteiger partial charge in [0.25, 0.3) is 5.91 Å². The summed E-state index contributed by atoms with van der Waals surface area (Å²) >= 11 is 0. The molecule has 3 N–H and O–H groups in total. The number of rotatable bonds is 7. The van der Waals surface area contributed by atoms with Gasteiger partial charge >= 0.3 is 0 Å². The molecule has 2 aliphatic carbocycles. The molecule has 6 heteroatoms. The first-order valence-electron chi connectivity index (χ1n) is 9.72. The lowest BCUT2D eigenvalue weighted by Crippen LogP contribution is -2.50. The number of nitrogens with one attached hydrogen (secondary N) is 1. The van der Waals surface area contributed by atoms with Crippen molar-refractivity contribution in [3.63, 3.8) is 0 Å². The van der Waals surface area contributed by atoms with Crippen molar-refractivity contribution in [3.8, 4) is 11.1 Å². The molecule has 0 radical (unpaired) electrons. The van der Waals surface area contributed by atoms with Gasteiger partial charge in [-0.3, -0.25) is 9.59 Å². The van der Waals surface area contributed by atoms with Crippen LogP contribution in [0, 0.1) is 11.9 Å². The van der Waals surface area contributed by atoms with Crippen LogP contribution in [-0.4, -0.2) is 22.3 Å². The maximum absolute atomic E-state index is 13.2. The van der Waals surface area contributed by atoms with E-state index in [1.54, 1.807) is 6.07 Å². The SMILES string of the molecule is C[C@@](CC(N)=O)(NC(=O)c1ccc(C2CC2)c(-c2ccc(F)nc2)c1)C1CC1. The molecule has 146 valence electrons. The van der Waals surface area contributed by atoms with Gasteiger partial charge < -0.3 is 11.1 Å². The zero-order valence-corrected chi connectivity index (χ0v) is 15.9. The monoisotopic (exact) mass is 381 g/mol. The van der Waals surface area contributed by atoms with Gasteiger partial charge in [-0.15, -0.1) is 0 Å². The van der Waals surface area contributed by atoms with E-state index < -0.39 is 17.4 Å². The normalized spacial score (nSPS) is 18.4. The summed E-state index contributed by atoms with van der Waals surface area (Å²) in [4.78, 5) is 28.2. The lowest BCUT2D eigenvalue weighted by molar-refractivity contribution is -0.119. The number of nitrogens with zero attached hydrogens (tertiary/aromatic N) is 1. The molecular weight excluding hydrogens is 357 g/mol. The van der Waals surface area contributed by atoms with Crippen molar-refractivity contribution in [3.05, 3.63) is 53.6 Å². The Morgan fingerprint density at radius 3 is 2.54 bits per heavy atom. The lowest BCUT2D eigenvalue weighted by Gasteiger charge is -2.30. The molecule has 2 aromatic rings. The minimum Gasteiger partial charge on any atom is -0.370 e. The molecule has 0 unspecified atom stereocenters. The van der Waals surface area contributed by atoms with Crippen molar-refractivity contribution in [1.29, 1.82) is 0 Å². The van der Waals surface area contributed by atoms with Crippen LogP contribution in [-0.2, 0) is 4.79 Å². The Balaban J connectivity index is 1.64. The Morgan fingerprint density at radius 2 is 1.96 bits per heavy atom. The summed E-state index contributed by atoms with van der Waals surface area (Å²) in [6.07, 6.45) is 5.82. The highest BCUT2D eigenvalue weighted by molar-refractivity contribution is 5.96. The van der Waals surface area contributed by atoms with Crippen LogP contribution in [0.2, 0.25) is 0 Å². The number of benzene rings is 1. The van der Waals surface area contributed by atoms with Gasteiger partial charge in [0.05, 0.1) is 0 Å². The van der Waals surface area contributed by atoms with E-state index in [2.05, 4.69) is 10.3 Å². The van der Waals surface area contributed by atoms with E-state index in [1.165, 1.54) is 12.3 Å². The van der Waals surface area contributed by atoms with Gasteiger partial charge in [0, 0.05) is 29.3 Å². The first-order valence-corrected chi connectivity index (χ1v) is 9.72. The number of primary amides is 1. The fourth-order valence-electron chi connectivity index (χ4n) is 3.94. The zero-order chi connectivity index (χ0) is 19.9. The number of nitrogens with two attached hydrogens (primary N) is 1. The van der Waals surface area contributed by atoms with E-state index in [4.69, 9.17) is 5.73 Å². The minimum atomic E-state index is -0.629. The Kier molecular flexibility index (Phi) is 4.65. The molecule has 1 heterocycles. The summed E-state index contributed by atoms with van der Waals surface area (Å²) in [5.74, 6) is -0.428. The standard InChI is InChI=1S/C22H24FN3O2/c1-22(11-20(24)27,16-6-7-16)26-21(28)14-4-8-17(13-2-3-13)18(10-14)15-5-9-19(23)25-12-15/h4-5,8-10,12-13,16H,2-3,6-7,11H2,1H3,(H2,24,27)(H,26,28)/t22-/m0/s1. The Morgan fingerprint density at radius 1 is 1.21 bits per heavy atom. The first-order chi connectivity index (χ1) is 13.4. The average molecular weight is 381 g/mol. The van der Waals surface area contributed by atoms with Crippen molar-refractivity contribution in [2.24, 2.45) is 11.7 Å². The first kappa shape index (κ1) is 18.6. The highest BCUT2D eigenvalue weighted by Gasteiger charge is 2.43. The number of pyridine rings is 1. The van der Waals surface area contributed by atoms with E-state index in [0.29, 0.717) is 11.5 Å². The smallest absolute Gasteiger partial charge is 0.251 e. The second kappa shape index (κ2) is 7.00. The predicted molar refractivity (Wildman–Crippen MR) is 104 cm³/mol. The molecule has 2 saturated carbocycles. The Labute approximate surface area is 163 Å². The van der Waals surface area contributed by atoms with Crippen molar-refractivity contribution >= 4 is 11.8 Å². The third-order valence-electron chi connectivity index (χ3n) is 5.79. The maximum atomic E-state index is 13.2. The van der Waals surface area contributed by atoms with E-state index >= 15 is 0 Å². The Hall–Kier alpha value is -2.76. The molecule has 0 saturated heterocycles. The van der Waals surface area contributed by atoms with Gasteiger partial charge in [-0.1, -0.05) is 6.07 Å². The summed E-state index contributed by atoms with van der Waals surface area (Å²) in [7, 11) is 0. The summed E-state index contributed by atoms with van der Waals surface area (Å²) in [6, 6.07) is 8.66. The van der Waals surface area contributed by atoms with Crippen LogP contribution < -0.4 is 11.1 Å². The van der Waals surface area contributed by atoms with Gasteiger partial charge in [0.2, 0.25) is 11.9 Å². The molecule has 5 nitrogen and oxygen atoms in total. The van der Waals surface area contributed by atoms with Crippen LogP contribution in [0.5, 0.6) is 0 Å². The molecule has 2 aliphatic rings. The van der Waals surface area contributed by atoms with Crippen molar-refractivity contribution in [1.82, 2.24) is 10.3 Å². The molecule has 1 aromatic heterocycles. The second-order valence-corrected chi connectivity index (χ2v) is 8.23. The van der Waals surface area contributed by atoms with Crippen LogP contribution in [0.25, 0.3) is 11.1 Å². The number of amides is 2. The highest BCUT2D eigenvalue weighted by atomic mass is 19.1. The summed E-state index contributed by atoms with van der Waals surface area (Å²) in [6.45, 7) is 1.89. The molecular formula is C22H24FN3O2. The molecule has 1 atom stereocenters. The summed E-state index contributed by atoms with van der Waals surface area (Å²) in [5.41, 5.74) is 8.15. The lowest BCUT2D eigenvalue weighted by atomic mass is 9.90. The zero-order valence-electron chi connectivity index (χ0n) is 15.9. The highest BCUT2D eigenvalue weighted by Crippen LogP contribution is 2.45. The number of hydrogen-bond donors (Lipinski definition) is 2. The predicted octanol–water partition coefficient (Wildman–Crippen LogP) is 3.54. The van der Waals surface area contributed by atoms with Crippen LogP contribution in [0.15, 0.2) is 36.5 Å². The van der Waals surface area contributed by atoms with Gasteiger partial charge in [0.1, 0.15) is 0 Å². The minimum absolute atomic E-state index is 0.123. The molecule has 28 heavy (non-hydrogen) atoms. The van der Waals surface area contributed by atoms with Crippen LogP contribution in [0.3, 0.4) is 0 Å². The fraction of sp³-hybridized carbons (Fsp3) is 0.409. The fourth-order valence-corrected chi connectivity index (χ4v) is 3.94. The third-order valence-corrected chi connectivity index (χ3v) is 5.79. The number of carbonyl (C=O) groups excluding carboxylic acids is 2. The number of halogens is 1. The van der Waals surface area contributed by atoms with Crippen molar-refractivity contribution < 1.29 is 14.0 Å². The molecule has 0 spiro atoms. The average Bonchev–Trinajstić information content (AvgIpc) is 3.54. The van der Waals surface area contributed by atoms with E-state index in [9.17, 15) is 14.0 Å². The van der Waals surface area contributed by atoms with Gasteiger partial charge in [0.15, 0.2) is 0 Å². The largest absolute Gasteiger partial charge is 0.370 e. The summed E-state index contributed by atoms with van der Waals surface area (Å²) in [5, 5.41) is 3.04. The van der Waals surface area contributed by atoms with Gasteiger partial charge in [-0.2, -0.15) is 4.39 Å². The van der Waals surface area contributed by atoms with E-state index in [0.717, 1.165) is 42.4 Å². The molecule has 0 bridgehead atoms. The number of carbonyl (C=O) groups is 2. The third kappa shape index (κ3) is 3.91. The van der Waals surface area contributed by atoms with E-state index in [-0.39, 0.29) is 18.2 Å². The maximum Gasteiger partial charge on any atom is 0.251 e. The van der Waals surface area contributed by atoms with Crippen LogP contribution in [0.1, 0.15) is 60.9 Å². The quantitative estimate of drug-likeness (QED) is 0.720. The molecule has 4 rings (SSSR count). The van der Waals surface area contributed by atoms with E-state index in [1.807, 2.05) is 25.1 Å². The topological polar surface area (TPSA) is 85.1 Å². The molecule has 2 amide bonds. The van der Waals surface area contributed by atoms with Gasteiger partial charge in [-0.25, -0.2) is 4.98 Å². The Bertz CT molecular complexity index is 920. The summed E-state index contributed by atoms with van der Waals surface area (Å²) < 4.78 is 13.2. The van der Waals surface area contributed by atoms with Crippen molar-refractivity contribution in [2.45, 2.75) is 50.5 Å². The van der Waals surface area contributed by atoms with Crippen LogP contribution in [0.4, 0.5) is 4.39 Å². The molecule has 2 fully saturated rings.